The van der Waals surface area contributed by atoms with Crippen LogP contribution in [-0.4, -0.2) is 18.1 Å². The molecule has 3 nitrogen and oxygen atoms in total. The number of aryl methyl sites for hydroxylation is 1. The third-order valence-electron chi connectivity index (χ3n) is 3.29. The first-order valence-corrected chi connectivity index (χ1v) is 6.33. The predicted molar refractivity (Wildman–Crippen MR) is 64.6 cm³/mol. The molecule has 1 atom stereocenters. The molecular weight excluding hydrogens is 200 g/mol. The number of oxazole rings is 1. The molecule has 1 fully saturated rings. The van der Waals surface area contributed by atoms with Crippen molar-refractivity contribution in [1.29, 1.82) is 0 Å². The first kappa shape index (κ1) is 11.6. The van der Waals surface area contributed by atoms with Gasteiger partial charge in [-0.15, -0.1) is 0 Å². The van der Waals surface area contributed by atoms with E-state index in [1.54, 1.807) is 0 Å². The van der Waals surface area contributed by atoms with Crippen LogP contribution in [0, 0.1) is 12.8 Å². The Bertz CT molecular complexity index is 338. The van der Waals surface area contributed by atoms with Crippen LogP contribution in [0.25, 0.3) is 0 Å². The van der Waals surface area contributed by atoms with Crippen molar-refractivity contribution in [2.24, 2.45) is 5.92 Å². The monoisotopic (exact) mass is 222 g/mol. The average molecular weight is 222 g/mol. The minimum absolute atomic E-state index is 0.460. The summed E-state index contributed by atoms with van der Waals surface area (Å²) in [5.41, 5.74) is 1.12. The van der Waals surface area contributed by atoms with E-state index in [2.05, 4.69) is 24.1 Å². The molecule has 1 aliphatic heterocycles. The molecule has 1 aromatic heterocycles. The van der Waals surface area contributed by atoms with Crippen LogP contribution < -0.4 is 5.32 Å². The van der Waals surface area contributed by atoms with Crippen molar-refractivity contribution in [3.63, 3.8) is 0 Å². The van der Waals surface area contributed by atoms with Gasteiger partial charge in [0, 0.05) is 6.42 Å². The highest BCUT2D eigenvalue weighted by Gasteiger charge is 2.18. The Balaban J connectivity index is 2.01. The number of hydrogen-bond donors (Lipinski definition) is 1. The van der Waals surface area contributed by atoms with Crippen molar-refractivity contribution in [3.05, 3.63) is 17.3 Å². The van der Waals surface area contributed by atoms with E-state index in [9.17, 15) is 0 Å². The Kier molecular flexibility index (Phi) is 3.64. The maximum atomic E-state index is 5.74. The number of aromatic nitrogens is 1. The molecule has 3 heteroatoms. The second-order valence-corrected chi connectivity index (χ2v) is 5.12. The number of nitrogens with one attached hydrogen (secondary N) is 1. The standard InChI is InChI=1S/C13H22N2O/c1-9(2)13-10(3)16-12(15-13)7-11-5-4-6-14-8-11/h9,11,14H,4-8H2,1-3H3. The highest BCUT2D eigenvalue weighted by Crippen LogP contribution is 2.22. The molecule has 0 aliphatic carbocycles. The van der Waals surface area contributed by atoms with E-state index in [0.29, 0.717) is 11.8 Å². The molecule has 0 spiro atoms. The molecule has 2 rings (SSSR count). The molecule has 0 radical (unpaired) electrons. The predicted octanol–water partition coefficient (Wildman–Crippen LogP) is 2.65. The summed E-state index contributed by atoms with van der Waals surface area (Å²) in [4.78, 5) is 4.61. The van der Waals surface area contributed by atoms with E-state index in [1.165, 1.54) is 19.4 Å². The van der Waals surface area contributed by atoms with E-state index in [0.717, 1.165) is 30.3 Å². The highest BCUT2D eigenvalue weighted by molar-refractivity contribution is 5.12. The molecule has 1 N–H and O–H groups in total. The van der Waals surface area contributed by atoms with E-state index in [-0.39, 0.29) is 0 Å². The third kappa shape index (κ3) is 2.64. The Morgan fingerprint density at radius 1 is 1.50 bits per heavy atom. The fraction of sp³-hybridized carbons (Fsp3) is 0.769. The van der Waals surface area contributed by atoms with Gasteiger partial charge < -0.3 is 9.73 Å². The zero-order chi connectivity index (χ0) is 11.5. The van der Waals surface area contributed by atoms with Gasteiger partial charge in [-0.2, -0.15) is 0 Å². The second kappa shape index (κ2) is 5.00. The lowest BCUT2D eigenvalue weighted by Gasteiger charge is -2.21. The SMILES string of the molecule is Cc1oc(CC2CCCNC2)nc1C(C)C. The van der Waals surface area contributed by atoms with Gasteiger partial charge in [-0.3, -0.25) is 0 Å². The Hall–Kier alpha value is -0.830. The minimum atomic E-state index is 0.460. The van der Waals surface area contributed by atoms with Crippen LogP contribution >= 0.6 is 0 Å². The topological polar surface area (TPSA) is 38.1 Å². The van der Waals surface area contributed by atoms with E-state index < -0.39 is 0 Å². The average Bonchev–Trinajstić information content (AvgIpc) is 2.61. The second-order valence-electron chi connectivity index (χ2n) is 5.12. The van der Waals surface area contributed by atoms with Crippen molar-refractivity contribution in [1.82, 2.24) is 10.3 Å². The van der Waals surface area contributed by atoms with Gasteiger partial charge in [0.05, 0.1) is 5.69 Å². The van der Waals surface area contributed by atoms with Gasteiger partial charge in [0.1, 0.15) is 5.76 Å². The molecule has 90 valence electrons. The molecule has 0 bridgehead atoms. The van der Waals surface area contributed by atoms with Gasteiger partial charge in [-0.25, -0.2) is 4.98 Å². The van der Waals surface area contributed by atoms with Crippen LogP contribution in [0.1, 0.15) is 50.0 Å². The molecule has 2 heterocycles. The summed E-state index contributed by atoms with van der Waals surface area (Å²) in [5, 5.41) is 3.43. The van der Waals surface area contributed by atoms with Crippen LogP contribution in [0.2, 0.25) is 0 Å². The lowest BCUT2D eigenvalue weighted by molar-refractivity contribution is 0.342. The summed E-state index contributed by atoms with van der Waals surface area (Å²) >= 11 is 0. The lowest BCUT2D eigenvalue weighted by atomic mass is 9.96. The Morgan fingerprint density at radius 3 is 2.88 bits per heavy atom. The van der Waals surface area contributed by atoms with Crippen molar-refractivity contribution >= 4 is 0 Å². The van der Waals surface area contributed by atoms with Crippen molar-refractivity contribution in [2.45, 2.75) is 46.0 Å². The maximum absolute atomic E-state index is 5.74. The molecule has 1 aromatic rings. The number of hydrogen-bond acceptors (Lipinski definition) is 3. The van der Waals surface area contributed by atoms with Gasteiger partial charge in [-0.1, -0.05) is 13.8 Å². The first-order valence-electron chi connectivity index (χ1n) is 6.33. The van der Waals surface area contributed by atoms with Crippen LogP contribution in [0.3, 0.4) is 0 Å². The summed E-state index contributed by atoms with van der Waals surface area (Å²) in [6, 6.07) is 0. The summed E-state index contributed by atoms with van der Waals surface area (Å²) in [7, 11) is 0. The molecule has 16 heavy (non-hydrogen) atoms. The van der Waals surface area contributed by atoms with Crippen LogP contribution in [0.4, 0.5) is 0 Å². The minimum Gasteiger partial charge on any atom is -0.446 e. The highest BCUT2D eigenvalue weighted by atomic mass is 16.4. The number of nitrogens with zero attached hydrogens (tertiary/aromatic N) is 1. The third-order valence-corrected chi connectivity index (χ3v) is 3.29. The molecule has 1 saturated heterocycles. The zero-order valence-electron chi connectivity index (χ0n) is 10.5. The first-order chi connectivity index (χ1) is 7.66. The van der Waals surface area contributed by atoms with E-state index in [1.807, 2.05) is 6.92 Å². The molecule has 1 unspecified atom stereocenters. The summed E-state index contributed by atoms with van der Waals surface area (Å²) in [6.07, 6.45) is 3.56. The fourth-order valence-electron chi connectivity index (χ4n) is 2.43. The summed E-state index contributed by atoms with van der Waals surface area (Å²) < 4.78 is 5.74. The van der Waals surface area contributed by atoms with Gasteiger partial charge in [0.2, 0.25) is 0 Å². The van der Waals surface area contributed by atoms with Crippen molar-refractivity contribution in [3.8, 4) is 0 Å². The molecular formula is C13H22N2O. The summed E-state index contributed by atoms with van der Waals surface area (Å²) in [6.45, 7) is 8.62. The fourth-order valence-corrected chi connectivity index (χ4v) is 2.43. The van der Waals surface area contributed by atoms with Gasteiger partial charge in [-0.05, 0) is 44.7 Å². The van der Waals surface area contributed by atoms with Crippen molar-refractivity contribution in [2.75, 3.05) is 13.1 Å². The normalized spacial score (nSPS) is 21.6. The number of rotatable bonds is 3. The smallest absolute Gasteiger partial charge is 0.194 e. The van der Waals surface area contributed by atoms with Crippen LogP contribution in [-0.2, 0) is 6.42 Å². The summed E-state index contributed by atoms with van der Waals surface area (Å²) in [5.74, 6) is 3.08. The maximum Gasteiger partial charge on any atom is 0.194 e. The van der Waals surface area contributed by atoms with Crippen LogP contribution in [0.5, 0.6) is 0 Å². The molecule has 0 amide bonds. The molecule has 0 aromatic carbocycles. The zero-order valence-corrected chi connectivity index (χ0v) is 10.5. The lowest BCUT2D eigenvalue weighted by Crippen LogP contribution is -2.30. The van der Waals surface area contributed by atoms with Crippen LogP contribution in [0.15, 0.2) is 4.42 Å². The van der Waals surface area contributed by atoms with Crippen molar-refractivity contribution < 1.29 is 4.42 Å². The van der Waals surface area contributed by atoms with Gasteiger partial charge in [0.15, 0.2) is 5.89 Å². The quantitative estimate of drug-likeness (QED) is 0.854. The van der Waals surface area contributed by atoms with Gasteiger partial charge >= 0.3 is 0 Å². The van der Waals surface area contributed by atoms with Gasteiger partial charge in [0.25, 0.3) is 0 Å². The number of piperidine rings is 1. The Labute approximate surface area is 97.6 Å². The molecule has 1 aliphatic rings. The Morgan fingerprint density at radius 2 is 2.31 bits per heavy atom. The van der Waals surface area contributed by atoms with E-state index >= 15 is 0 Å². The largest absolute Gasteiger partial charge is 0.446 e. The molecule has 0 saturated carbocycles. The van der Waals surface area contributed by atoms with E-state index in [4.69, 9.17) is 4.42 Å².